The molecular formula is C15H28N4. The first-order valence-electron chi connectivity index (χ1n) is 7.63. The summed E-state index contributed by atoms with van der Waals surface area (Å²) in [4.78, 5) is 2.56. The molecule has 4 nitrogen and oxygen atoms in total. The van der Waals surface area contributed by atoms with Crippen LogP contribution < -0.4 is 5.32 Å². The Kier molecular flexibility index (Phi) is 4.63. The average molecular weight is 264 g/mol. The van der Waals surface area contributed by atoms with Gasteiger partial charge in [-0.3, -0.25) is 9.58 Å². The van der Waals surface area contributed by atoms with Gasteiger partial charge in [0.1, 0.15) is 0 Å². The minimum absolute atomic E-state index is 0.267. The summed E-state index contributed by atoms with van der Waals surface area (Å²) in [6.45, 7) is 14.3. The monoisotopic (exact) mass is 264 g/mol. The minimum atomic E-state index is 0.267. The van der Waals surface area contributed by atoms with Crippen LogP contribution in [-0.4, -0.2) is 39.9 Å². The maximum Gasteiger partial charge on any atom is 0.0625 e. The summed E-state index contributed by atoms with van der Waals surface area (Å²) in [5, 5.41) is 8.29. The zero-order valence-electron chi connectivity index (χ0n) is 12.9. The van der Waals surface area contributed by atoms with Gasteiger partial charge < -0.3 is 5.32 Å². The maximum absolute atomic E-state index is 4.64. The molecule has 0 bridgehead atoms. The summed E-state index contributed by atoms with van der Waals surface area (Å²) in [6.07, 6.45) is 2.20. The Labute approximate surface area is 117 Å². The summed E-state index contributed by atoms with van der Waals surface area (Å²) in [7, 11) is 0. The summed E-state index contributed by atoms with van der Waals surface area (Å²) in [5.74, 6) is 0. The Hall–Kier alpha value is -0.870. The second-order valence-electron chi connectivity index (χ2n) is 5.85. The lowest BCUT2D eigenvalue weighted by Gasteiger charge is -2.41. The van der Waals surface area contributed by atoms with Crippen molar-refractivity contribution < 1.29 is 0 Å². The van der Waals surface area contributed by atoms with Crippen LogP contribution in [0.5, 0.6) is 0 Å². The van der Waals surface area contributed by atoms with Gasteiger partial charge in [0.05, 0.1) is 11.4 Å². The largest absolute Gasteiger partial charge is 0.309 e. The summed E-state index contributed by atoms with van der Waals surface area (Å²) in [5.41, 5.74) is 2.84. The second kappa shape index (κ2) is 6.06. The van der Waals surface area contributed by atoms with Crippen LogP contribution in [0.4, 0.5) is 0 Å². The molecule has 1 fully saturated rings. The van der Waals surface area contributed by atoms with Gasteiger partial charge in [0.15, 0.2) is 0 Å². The van der Waals surface area contributed by atoms with Crippen LogP contribution in [0.25, 0.3) is 0 Å². The SMILES string of the molecule is CCc1cc(CN2CCNC(C)(CC)C2)n(CC)n1. The molecule has 1 atom stereocenters. The van der Waals surface area contributed by atoms with E-state index in [0.29, 0.717) is 0 Å². The van der Waals surface area contributed by atoms with Gasteiger partial charge in [0, 0.05) is 38.3 Å². The molecule has 0 saturated carbocycles. The highest BCUT2D eigenvalue weighted by Crippen LogP contribution is 2.18. The van der Waals surface area contributed by atoms with Crippen LogP contribution in [0.1, 0.15) is 45.5 Å². The standard InChI is InChI=1S/C15H28N4/c1-5-13-10-14(19(7-3)17-13)11-18-9-8-16-15(4,6-2)12-18/h10,16H,5-9,11-12H2,1-4H3. The molecule has 0 radical (unpaired) electrons. The van der Waals surface area contributed by atoms with E-state index >= 15 is 0 Å². The van der Waals surface area contributed by atoms with Gasteiger partial charge >= 0.3 is 0 Å². The fraction of sp³-hybridized carbons (Fsp3) is 0.800. The van der Waals surface area contributed by atoms with Crippen LogP contribution in [0.3, 0.4) is 0 Å². The first kappa shape index (κ1) is 14.5. The van der Waals surface area contributed by atoms with E-state index in [0.717, 1.165) is 39.1 Å². The van der Waals surface area contributed by atoms with Gasteiger partial charge in [0.2, 0.25) is 0 Å². The van der Waals surface area contributed by atoms with E-state index < -0.39 is 0 Å². The van der Waals surface area contributed by atoms with Crippen LogP contribution in [-0.2, 0) is 19.5 Å². The van der Waals surface area contributed by atoms with Crippen molar-refractivity contribution in [3.63, 3.8) is 0 Å². The topological polar surface area (TPSA) is 33.1 Å². The molecular weight excluding hydrogens is 236 g/mol. The van der Waals surface area contributed by atoms with Crippen molar-refractivity contribution in [3.8, 4) is 0 Å². The van der Waals surface area contributed by atoms with Crippen molar-refractivity contribution in [2.75, 3.05) is 19.6 Å². The number of nitrogens with zero attached hydrogens (tertiary/aromatic N) is 3. The quantitative estimate of drug-likeness (QED) is 0.883. The van der Waals surface area contributed by atoms with Crippen LogP contribution in [0.2, 0.25) is 0 Å². The predicted octanol–water partition coefficient (Wildman–Crippen LogP) is 2.04. The lowest BCUT2D eigenvalue weighted by molar-refractivity contribution is 0.131. The highest BCUT2D eigenvalue weighted by molar-refractivity contribution is 5.11. The second-order valence-corrected chi connectivity index (χ2v) is 5.85. The fourth-order valence-corrected chi connectivity index (χ4v) is 2.83. The average Bonchev–Trinajstić information content (AvgIpc) is 2.81. The molecule has 4 heteroatoms. The molecule has 1 N–H and O–H groups in total. The molecule has 1 aliphatic heterocycles. The Balaban J connectivity index is 2.06. The number of hydrogen-bond acceptors (Lipinski definition) is 3. The van der Waals surface area contributed by atoms with E-state index in [2.05, 4.69) is 53.8 Å². The maximum atomic E-state index is 4.64. The van der Waals surface area contributed by atoms with Gasteiger partial charge in [0.25, 0.3) is 0 Å². The Morgan fingerprint density at radius 3 is 2.79 bits per heavy atom. The zero-order chi connectivity index (χ0) is 13.9. The minimum Gasteiger partial charge on any atom is -0.309 e. The van der Waals surface area contributed by atoms with Crippen molar-refractivity contribution in [2.24, 2.45) is 0 Å². The number of rotatable bonds is 5. The van der Waals surface area contributed by atoms with Crippen molar-refractivity contribution in [3.05, 3.63) is 17.5 Å². The Bertz CT molecular complexity index is 412. The number of piperazine rings is 1. The highest BCUT2D eigenvalue weighted by Gasteiger charge is 2.29. The van der Waals surface area contributed by atoms with E-state index in [-0.39, 0.29) is 5.54 Å². The van der Waals surface area contributed by atoms with E-state index in [1.165, 1.54) is 17.8 Å². The zero-order valence-corrected chi connectivity index (χ0v) is 12.9. The third-order valence-electron chi connectivity index (χ3n) is 4.29. The van der Waals surface area contributed by atoms with Gasteiger partial charge in [-0.25, -0.2) is 0 Å². The summed E-state index contributed by atoms with van der Waals surface area (Å²) >= 11 is 0. The molecule has 0 aromatic carbocycles. The molecule has 19 heavy (non-hydrogen) atoms. The van der Waals surface area contributed by atoms with Crippen molar-refractivity contribution in [1.82, 2.24) is 20.0 Å². The third-order valence-corrected chi connectivity index (χ3v) is 4.29. The van der Waals surface area contributed by atoms with Gasteiger partial charge in [-0.15, -0.1) is 0 Å². The number of hydrogen-bond donors (Lipinski definition) is 1. The van der Waals surface area contributed by atoms with E-state index in [9.17, 15) is 0 Å². The van der Waals surface area contributed by atoms with Gasteiger partial charge in [-0.05, 0) is 32.8 Å². The Morgan fingerprint density at radius 1 is 1.37 bits per heavy atom. The molecule has 0 aliphatic carbocycles. The highest BCUT2D eigenvalue weighted by atomic mass is 15.3. The van der Waals surface area contributed by atoms with Crippen LogP contribution in [0, 0.1) is 0 Å². The number of aryl methyl sites for hydroxylation is 2. The summed E-state index contributed by atoms with van der Waals surface area (Å²) < 4.78 is 2.16. The van der Waals surface area contributed by atoms with E-state index in [1.54, 1.807) is 0 Å². The summed E-state index contributed by atoms with van der Waals surface area (Å²) in [6, 6.07) is 2.27. The van der Waals surface area contributed by atoms with E-state index in [1.807, 2.05) is 0 Å². The number of aromatic nitrogens is 2. The molecule has 1 aliphatic rings. The molecule has 2 rings (SSSR count). The van der Waals surface area contributed by atoms with Crippen molar-refractivity contribution in [2.45, 2.75) is 59.2 Å². The van der Waals surface area contributed by atoms with E-state index in [4.69, 9.17) is 0 Å². The van der Waals surface area contributed by atoms with Crippen LogP contribution >= 0.6 is 0 Å². The lowest BCUT2D eigenvalue weighted by Crippen LogP contribution is -2.58. The first-order chi connectivity index (χ1) is 9.10. The molecule has 0 spiro atoms. The lowest BCUT2D eigenvalue weighted by atomic mass is 9.96. The smallest absolute Gasteiger partial charge is 0.0625 e. The molecule has 1 saturated heterocycles. The normalized spacial score (nSPS) is 24.8. The first-order valence-corrected chi connectivity index (χ1v) is 7.63. The van der Waals surface area contributed by atoms with Gasteiger partial charge in [-0.1, -0.05) is 13.8 Å². The number of nitrogens with one attached hydrogen (secondary N) is 1. The molecule has 1 aromatic heterocycles. The molecule has 1 unspecified atom stereocenters. The Morgan fingerprint density at radius 2 is 2.16 bits per heavy atom. The fourth-order valence-electron chi connectivity index (χ4n) is 2.83. The predicted molar refractivity (Wildman–Crippen MR) is 79.3 cm³/mol. The molecule has 0 amide bonds. The third kappa shape index (κ3) is 3.37. The van der Waals surface area contributed by atoms with Crippen LogP contribution in [0.15, 0.2) is 6.07 Å². The van der Waals surface area contributed by atoms with Crippen molar-refractivity contribution >= 4 is 0 Å². The van der Waals surface area contributed by atoms with Crippen molar-refractivity contribution in [1.29, 1.82) is 0 Å². The molecule has 108 valence electrons. The van der Waals surface area contributed by atoms with Gasteiger partial charge in [-0.2, -0.15) is 5.10 Å². The molecule has 1 aromatic rings. The molecule has 2 heterocycles.